The predicted molar refractivity (Wildman–Crippen MR) is 8.88 cm³/mol. The van der Waals surface area contributed by atoms with E-state index < -0.39 is 18.7 Å². The third-order valence-electron chi connectivity index (χ3n) is 0. The fraction of sp³-hybridized carbons (Fsp3) is 0. The van der Waals surface area contributed by atoms with Gasteiger partial charge in [-0.3, -0.25) is 0 Å². The summed E-state index contributed by atoms with van der Waals surface area (Å²) in [5, 5.41) is 0. The summed E-state index contributed by atoms with van der Waals surface area (Å²) in [5.41, 5.74) is 0. The molecule has 0 rings (SSSR count). The molecule has 0 aliphatic rings. The van der Waals surface area contributed by atoms with Gasteiger partial charge in [-0.15, -0.1) is 0 Å². The van der Waals surface area contributed by atoms with Crippen LogP contribution >= 0.6 is 0 Å². The SMILES string of the molecule is [K+].[OH][Au-]([OH])([OH])[OH]. The Morgan fingerprint density at radius 1 is 0.833 bits per heavy atom. The van der Waals surface area contributed by atoms with Crippen molar-refractivity contribution in [2.24, 2.45) is 0 Å². The molecule has 6 heteroatoms. The molecule has 0 aliphatic heterocycles. The van der Waals surface area contributed by atoms with Crippen LogP contribution in [0.2, 0.25) is 0 Å². The van der Waals surface area contributed by atoms with Crippen molar-refractivity contribution >= 4 is 0 Å². The molecule has 0 spiro atoms. The average molecular weight is 304 g/mol. The van der Waals surface area contributed by atoms with Crippen molar-refractivity contribution in [1.82, 2.24) is 0 Å². The van der Waals surface area contributed by atoms with Gasteiger partial charge in [0.25, 0.3) is 0 Å². The summed E-state index contributed by atoms with van der Waals surface area (Å²) < 4.78 is 29.4. The molecule has 0 bridgehead atoms. The fourth-order valence-electron chi connectivity index (χ4n) is 0. The summed E-state index contributed by atoms with van der Waals surface area (Å²) >= 11 is -4.89. The molecule has 0 aromatic carbocycles. The van der Waals surface area contributed by atoms with Crippen LogP contribution in [0.25, 0.3) is 0 Å². The first-order chi connectivity index (χ1) is 2.00. The van der Waals surface area contributed by atoms with E-state index in [4.69, 9.17) is 14.5 Å². The molecule has 0 unspecified atom stereocenters. The molecule has 0 saturated carbocycles. The summed E-state index contributed by atoms with van der Waals surface area (Å²) in [6, 6.07) is 0. The molecule has 0 amide bonds. The molecule has 4 nitrogen and oxygen atoms in total. The summed E-state index contributed by atoms with van der Waals surface area (Å²) in [6.45, 7) is 0. The Kier molecular flexibility index (Phi) is 7.62. The first-order valence-electron chi connectivity index (χ1n) is 0.539. The summed E-state index contributed by atoms with van der Waals surface area (Å²) in [4.78, 5) is 0. The van der Waals surface area contributed by atoms with Crippen molar-refractivity contribution in [3.05, 3.63) is 0 Å². The van der Waals surface area contributed by atoms with E-state index in [9.17, 15) is 0 Å². The normalized spacial score (nSPS) is 12.7. The monoisotopic (exact) mass is 304 g/mol. The minimum atomic E-state index is -4.89. The summed E-state index contributed by atoms with van der Waals surface area (Å²) in [7, 11) is 0. The van der Waals surface area contributed by atoms with Crippen molar-refractivity contribution in [3.63, 3.8) is 0 Å². The third kappa shape index (κ3) is 34.4. The molecule has 40 valence electrons. The molecule has 0 saturated heterocycles. The standard InChI is InChI=1S/Au.K.4H2O/h;;4*1H2/q+3;+1;;;;/p-4. The van der Waals surface area contributed by atoms with E-state index in [0.717, 1.165) is 0 Å². The van der Waals surface area contributed by atoms with Gasteiger partial charge in [-0.05, 0) is 0 Å². The minimum absolute atomic E-state index is 0. The van der Waals surface area contributed by atoms with Gasteiger partial charge in [-0.25, -0.2) is 0 Å². The van der Waals surface area contributed by atoms with E-state index in [1.807, 2.05) is 0 Å². The molecular formula is H4AuKO4. The van der Waals surface area contributed by atoms with Crippen LogP contribution in [-0.2, 0) is 18.7 Å². The molecule has 0 heterocycles. The average Bonchev–Trinajstić information content (AvgIpc) is 0.722. The Bertz CT molecular complexity index is 23.0. The van der Waals surface area contributed by atoms with Gasteiger partial charge in [0.2, 0.25) is 0 Å². The maximum absolute atomic E-state index is 7.36. The quantitative estimate of drug-likeness (QED) is 0.337. The van der Waals surface area contributed by atoms with E-state index in [1.54, 1.807) is 0 Å². The van der Waals surface area contributed by atoms with Crippen LogP contribution in [0.3, 0.4) is 0 Å². The number of rotatable bonds is 0. The second kappa shape index (κ2) is 4.13. The van der Waals surface area contributed by atoms with Gasteiger partial charge in [0.05, 0.1) is 0 Å². The molecule has 0 atom stereocenters. The molecule has 0 radical (unpaired) electrons. The molecule has 0 aromatic rings. The van der Waals surface area contributed by atoms with Gasteiger partial charge in [-0.2, -0.15) is 0 Å². The third-order valence-corrected chi connectivity index (χ3v) is 0. The molecule has 0 aromatic heterocycles. The predicted octanol–water partition coefficient (Wildman–Crippen LogP) is -5.23. The Morgan fingerprint density at radius 3 is 0.833 bits per heavy atom. The molecular weight excluding hydrogens is 300 g/mol. The molecule has 0 aliphatic carbocycles. The van der Waals surface area contributed by atoms with Crippen LogP contribution in [0.15, 0.2) is 0 Å². The van der Waals surface area contributed by atoms with Crippen LogP contribution in [0.4, 0.5) is 0 Å². The van der Waals surface area contributed by atoms with Crippen LogP contribution < -0.4 is 51.4 Å². The van der Waals surface area contributed by atoms with Crippen LogP contribution in [0.5, 0.6) is 0 Å². The van der Waals surface area contributed by atoms with E-state index in [1.165, 1.54) is 0 Å². The van der Waals surface area contributed by atoms with Crippen molar-refractivity contribution in [1.29, 1.82) is 0 Å². The topological polar surface area (TPSA) is 80.9 Å². The van der Waals surface area contributed by atoms with Gasteiger partial charge >= 0.3 is 84.6 Å². The molecule has 6 heavy (non-hydrogen) atoms. The first kappa shape index (κ1) is 11.1. The second-order valence-electron chi connectivity index (χ2n) is 0.362. The van der Waals surface area contributed by atoms with E-state index in [2.05, 4.69) is 0 Å². The first-order valence-corrected chi connectivity index (χ1v) is 4.41. The van der Waals surface area contributed by atoms with Crippen molar-refractivity contribution in [2.75, 3.05) is 0 Å². The molecule has 0 fully saturated rings. The van der Waals surface area contributed by atoms with E-state index in [0.29, 0.717) is 0 Å². The second-order valence-corrected chi connectivity index (χ2v) is 2.96. The Balaban J connectivity index is 0. The van der Waals surface area contributed by atoms with Crippen LogP contribution in [0, 0.1) is 0 Å². The van der Waals surface area contributed by atoms with Gasteiger partial charge in [0.15, 0.2) is 0 Å². The summed E-state index contributed by atoms with van der Waals surface area (Å²) in [6.07, 6.45) is 0. The van der Waals surface area contributed by atoms with Crippen LogP contribution in [0.1, 0.15) is 0 Å². The van der Waals surface area contributed by atoms with Crippen LogP contribution in [-0.4, -0.2) is 14.5 Å². The zero-order valence-electron chi connectivity index (χ0n) is 3.09. The summed E-state index contributed by atoms with van der Waals surface area (Å²) in [5.74, 6) is 0. The zero-order valence-corrected chi connectivity index (χ0v) is 8.38. The zero-order chi connectivity index (χ0) is 4.50. The maximum atomic E-state index is 7.36. The van der Waals surface area contributed by atoms with Gasteiger partial charge < -0.3 is 0 Å². The van der Waals surface area contributed by atoms with Gasteiger partial charge in [-0.1, -0.05) is 0 Å². The Morgan fingerprint density at radius 2 is 0.833 bits per heavy atom. The Labute approximate surface area is 82.7 Å². The number of hydrogen-bond acceptors (Lipinski definition) is 4. The van der Waals surface area contributed by atoms with Gasteiger partial charge in [0.1, 0.15) is 0 Å². The molecule has 4 N–H and O–H groups in total. The van der Waals surface area contributed by atoms with E-state index >= 15 is 0 Å². The van der Waals surface area contributed by atoms with Crippen molar-refractivity contribution in [3.8, 4) is 0 Å². The van der Waals surface area contributed by atoms with E-state index in [-0.39, 0.29) is 51.4 Å². The fourth-order valence-corrected chi connectivity index (χ4v) is 0. The number of hydrogen-bond donors (Lipinski definition) is 4. The Hall–Kier alpha value is 2.22. The van der Waals surface area contributed by atoms with Gasteiger partial charge in [0, 0.05) is 0 Å². The van der Waals surface area contributed by atoms with Crippen molar-refractivity contribution in [2.45, 2.75) is 0 Å². The van der Waals surface area contributed by atoms with Crippen molar-refractivity contribution < 1.29 is 84.6 Å².